The van der Waals surface area contributed by atoms with E-state index < -0.39 is 0 Å². The highest BCUT2D eigenvalue weighted by atomic mass is 19.1. The summed E-state index contributed by atoms with van der Waals surface area (Å²) in [6.45, 7) is 1.74. The maximum absolute atomic E-state index is 13.3. The Morgan fingerprint density at radius 2 is 1.88 bits per heavy atom. The van der Waals surface area contributed by atoms with Gasteiger partial charge in [-0.1, -0.05) is 6.07 Å². The Labute approximate surface area is 141 Å². The quantitative estimate of drug-likeness (QED) is 0.937. The first-order valence-electron chi connectivity index (χ1n) is 8.13. The van der Waals surface area contributed by atoms with Gasteiger partial charge in [-0.3, -0.25) is 4.79 Å². The van der Waals surface area contributed by atoms with Gasteiger partial charge in [0.1, 0.15) is 11.6 Å². The molecule has 2 aromatic carbocycles. The van der Waals surface area contributed by atoms with Gasteiger partial charge >= 0.3 is 0 Å². The number of anilines is 1. The molecule has 1 N–H and O–H groups in total. The van der Waals surface area contributed by atoms with Crippen molar-refractivity contribution < 1.29 is 13.9 Å². The van der Waals surface area contributed by atoms with Crippen LogP contribution in [0, 0.1) is 5.82 Å². The van der Waals surface area contributed by atoms with Gasteiger partial charge in [0.15, 0.2) is 0 Å². The first-order chi connectivity index (χ1) is 11.7. The first-order valence-corrected chi connectivity index (χ1v) is 8.13. The number of halogens is 1. The van der Waals surface area contributed by atoms with Gasteiger partial charge in [-0.05, 0) is 68.4 Å². The van der Waals surface area contributed by atoms with Crippen LogP contribution >= 0.6 is 0 Å². The average molecular weight is 328 g/mol. The van der Waals surface area contributed by atoms with Gasteiger partial charge in [0, 0.05) is 17.3 Å². The van der Waals surface area contributed by atoms with Gasteiger partial charge in [0.2, 0.25) is 0 Å². The van der Waals surface area contributed by atoms with Crippen molar-refractivity contribution in [1.29, 1.82) is 0 Å². The lowest BCUT2D eigenvalue weighted by Crippen LogP contribution is -2.46. The number of carbonyl (C=O) groups excluding carboxylic acids is 1. The predicted molar refractivity (Wildman–Crippen MR) is 92.1 cm³/mol. The fraction of sp³-hybridized carbons (Fsp3) is 0.316. The minimum atomic E-state index is -0.308. The van der Waals surface area contributed by atoms with Crippen LogP contribution in [-0.4, -0.2) is 32.1 Å². The smallest absolute Gasteiger partial charge is 0.258 e. The SMILES string of the molecule is COc1cccc(C(=O)N(c2ccc(F)cc2)C2CCNCC2)c1. The summed E-state index contributed by atoms with van der Waals surface area (Å²) in [5.41, 5.74) is 1.29. The van der Waals surface area contributed by atoms with E-state index in [0.29, 0.717) is 11.3 Å². The summed E-state index contributed by atoms with van der Waals surface area (Å²) in [5, 5.41) is 3.31. The van der Waals surface area contributed by atoms with Crippen LogP contribution in [-0.2, 0) is 0 Å². The van der Waals surface area contributed by atoms with Crippen molar-refractivity contribution in [3.63, 3.8) is 0 Å². The monoisotopic (exact) mass is 328 g/mol. The molecule has 1 aliphatic rings. The Morgan fingerprint density at radius 1 is 1.17 bits per heavy atom. The van der Waals surface area contributed by atoms with E-state index >= 15 is 0 Å². The second-order valence-electron chi connectivity index (χ2n) is 5.86. The molecule has 4 nitrogen and oxygen atoms in total. The molecule has 1 aliphatic heterocycles. The summed E-state index contributed by atoms with van der Waals surface area (Å²) >= 11 is 0. The summed E-state index contributed by atoms with van der Waals surface area (Å²) in [7, 11) is 1.58. The number of amides is 1. The van der Waals surface area contributed by atoms with Crippen molar-refractivity contribution in [3.05, 3.63) is 59.9 Å². The molecule has 2 aromatic rings. The molecule has 3 rings (SSSR count). The lowest BCUT2D eigenvalue weighted by Gasteiger charge is -2.35. The zero-order valence-electron chi connectivity index (χ0n) is 13.7. The number of hydrogen-bond acceptors (Lipinski definition) is 3. The number of piperidine rings is 1. The van der Waals surface area contributed by atoms with Crippen LogP contribution < -0.4 is 15.0 Å². The van der Waals surface area contributed by atoms with Crippen molar-refractivity contribution in [1.82, 2.24) is 5.32 Å². The van der Waals surface area contributed by atoms with E-state index in [1.54, 1.807) is 42.3 Å². The number of rotatable bonds is 4. The summed E-state index contributed by atoms with van der Waals surface area (Å²) in [4.78, 5) is 14.9. The van der Waals surface area contributed by atoms with Gasteiger partial charge in [-0.25, -0.2) is 4.39 Å². The number of nitrogens with zero attached hydrogens (tertiary/aromatic N) is 1. The van der Waals surface area contributed by atoms with Gasteiger partial charge in [-0.2, -0.15) is 0 Å². The molecule has 0 spiro atoms. The standard InChI is InChI=1S/C19H21FN2O2/c1-24-18-4-2-3-14(13-18)19(23)22(17-9-11-21-12-10-17)16-7-5-15(20)6-8-16/h2-8,13,17,21H,9-12H2,1H3. The molecule has 0 unspecified atom stereocenters. The third kappa shape index (κ3) is 3.57. The summed E-state index contributed by atoms with van der Waals surface area (Å²) in [6.07, 6.45) is 1.74. The molecule has 0 bridgehead atoms. The molecule has 1 fully saturated rings. The maximum Gasteiger partial charge on any atom is 0.258 e. The van der Waals surface area contributed by atoms with E-state index in [9.17, 15) is 9.18 Å². The molecule has 1 amide bonds. The fourth-order valence-electron chi connectivity index (χ4n) is 3.06. The van der Waals surface area contributed by atoms with E-state index in [2.05, 4.69) is 5.32 Å². The van der Waals surface area contributed by atoms with Crippen LogP contribution in [0.2, 0.25) is 0 Å². The Hall–Kier alpha value is -2.40. The zero-order valence-corrected chi connectivity index (χ0v) is 13.7. The third-order valence-electron chi connectivity index (χ3n) is 4.31. The first kappa shape index (κ1) is 16.5. The van der Waals surface area contributed by atoms with Crippen LogP contribution in [0.15, 0.2) is 48.5 Å². The lowest BCUT2D eigenvalue weighted by molar-refractivity contribution is 0.0971. The van der Waals surface area contributed by atoms with Crippen molar-refractivity contribution in [2.24, 2.45) is 0 Å². The Balaban J connectivity index is 1.96. The Morgan fingerprint density at radius 3 is 2.54 bits per heavy atom. The molecule has 1 heterocycles. The fourth-order valence-corrected chi connectivity index (χ4v) is 3.06. The van der Waals surface area contributed by atoms with Crippen molar-refractivity contribution in [2.75, 3.05) is 25.1 Å². The van der Waals surface area contributed by atoms with Crippen LogP contribution in [0.5, 0.6) is 5.75 Å². The summed E-state index contributed by atoms with van der Waals surface area (Å²) in [5.74, 6) is 0.246. The average Bonchev–Trinajstić information content (AvgIpc) is 2.64. The van der Waals surface area contributed by atoms with Crippen LogP contribution in [0.3, 0.4) is 0 Å². The van der Waals surface area contributed by atoms with E-state index in [1.807, 2.05) is 6.07 Å². The number of methoxy groups -OCH3 is 1. The van der Waals surface area contributed by atoms with E-state index in [0.717, 1.165) is 31.6 Å². The minimum Gasteiger partial charge on any atom is -0.497 e. The number of ether oxygens (including phenoxy) is 1. The Bertz CT molecular complexity index is 697. The maximum atomic E-state index is 13.3. The van der Waals surface area contributed by atoms with Crippen molar-refractivity contribution in [2.45, 2.75) is 18.9 Å². The topological polar surface area (TPSA) is 41.6 Å². The molecule has 0 radical (unpaired) electrons. The number of carbonyl (C=O) groups is 1. The van der Waals surface area contributed by atoms with Crippen LogP contribution in [0.25, 0.3) is 0 Å². The number of nitrogens with one attached hydrogen (secondary N) is 1. The predicted octanol–water partition coefficient (Wildman–Crippen LogP) is 3.23. The molecule has 0 saturated carbocycles. The van der Waals surface area contributed by atoms with Crippen LogP contribution in [0.4, 0.5) is 10.1 Å². The highest BCUT2D eigenvalue weighted by Crippen LogP contribution is 2.25. The molecule has 5 heteroatoms. The highest BCUT2D eigenvalue weighted by Gasteiger charge is 2.27. The normalized spacial score (nSPS) is 15.1. The highest BCUT2D eigenvalue weighted by molar-refractivity contribution is 6.06. The molecule has 126 valence electrons. The summed E-state index contributed by atoms with van der Waals surface area (Å²) in [6, 6.07) is 13.3. The second kappa shape index (κ2) is 7.45. The Kier molecular flexibility index (Phi) is 5.11. The lowest BCUT2D eigenvalue weighted by atomic mass is 10.0. The molecule has 1 saturated heterocycles. The number of hydrogen-bond donors (Lipinski definition) is 1. The minimum absolute atomic E-state index is 0.0904. The molecular weight excluding hydrogens is 307 g/mol. The zero-order chi connectivity index (χ0) is 16.9. The van der Waals surface area contributed by atoms with E-state index in [4.69, 9.17) is 4.74 Å². The van der Waals surface area contributed by atoms with Crippen molar-refractivity contribution in [3.8, 4) is 5.75 Å². The van der Waals surface area contributed by atoms with Crippen molar-refractivity contribution >= 4 is 11.6 Å². The third-order valence-corrected chi connectivity index (χ3v) is 4.31. The van der Waals surface area contributed by atoms with Gasteiger partial charge < -0.3 is 15.0 Å². The van der Waals surface area contributed by atoms with Gasteiger partial charge in [0.05, 0.1) is 7.11 Å². The largest absolute Gasteiger partial charge is 0.497 e. The number of benzene rings is 2. The van der Waals surface area contributed by atoms with E-state index in [-0.39, 0.29) is 17.8 Å². The summed E-state index contributed by atoms with van der Waals surface area (Å²) < 4.78 is 18.5. The second-order valence-corrected chi connectivity index (χ2v) is 5.86. The molecule has 0 aromatic heterocycles. The van der Waals surface area contributed by atoms with Crippen LogP contribution in [0.1, 0.15) is 23.2 Å². The molecular formula is C19H21FN2O2. The van der Waals surface area contributed by atoms with E-state index in [1.165, 1.54) is 12.1 Å². The van der Waals surface area contributed by atoms with Gasteiger partial charge in [0.25, 0.3) is 5.91 Å². The molecule has 24 heavy (non-hydrogen) atoms. The molecule has 0 aliphatic carbocycles. The van der Waals surface area contributed by atoms with Gasteiger partial charge in [-0.15, -0.1) is 0 Å². The molecule has 0 atom stereocenters.